The Bertz CT molecular complexity index is 530. The number of nitrogens with zero attached hydrogens (tertiary/aromatic N) is 3. The van der Waals surface area contributed by atoms with Gasteiger partial charge in [-0.1, -0.05) is 18.0 Å². The van der Waals surface area contributed by atoms with E-state index < -0.39 is 4.92 Å². The van der Waals surface area contributed by atoms with Crippen LogP contribution < -0.4 is 10.2 Å². The maximum absolute atomic E-state index is 11.3. The van der Waals surface area contributed by atoms with Gasteiger partial charge in [-0.2, -0.15) is 0 Å². The zero-order valence-electron chi connectivity index (χ0n) is 11.8. The van der Waals surface area contributed by atoms with Crippen molar-refractivity contribution in [3.8, 4) is 0 Å². The Balaban J connectivity index is 1.85. The van der Waals surface area contributed by atoms with E-state index in [0.29, 0.717) is 22.9 Å². The normalized spacial score (nSPS) is 22.0. The molecule has 21 heavy (non-hydrogen) atoms. The van der Waals surface area contributed by atoms with Gasteiger partial charge < -0.3 is 10.2 Å². The summed E-state index contributed by atoms with van der Waals surface area (Å²) in [4.78, 5) is 17.2. The molecule has 114 valence electrons. The van der Waals surface area contributed by atoms with E-state index in [4.69, 9.17) is 11.6 Å². The lowest BCUT2D eigenvalue weighted by molar-refractivity contribution is -0.384. The average molecular weight is 311 g/mol. The molecule has 0 radical (unpaired) electrons. The van der Waals surface area contributed by atoms with Gasteiger partial charge in [0.1, 0.15) is 0 Å². The second-order valence-electron chi connectivity index (χ2n) is 5.78. The van der Waals surface area contributed by atoms with Crippen molar-refractivity contribution in [2.24, 2.45) is 0 Å². The monoisotopic (exact) mass is 310 g/mol. The van der Waals surface area contributed by atoms with E-state index in [1.807, 2.05) is 0 Å². The van der Waals surface area contributed by atoms with E-state index >= 15 is 0 Å². The van der Waals surface area contributed by atoms with Gasteiger partial charge in [-0.15, -0.1) is 0 Å². The Morgan fingerprint density at radius 3 is 2.86 bits per heavy atom. The fourth-order valence-corrected chi connectivity index (χ4v) is 3.04. The minimum atomic E-state index is -0.391. The highest BCUT2D eigenvalue weighted by Crippen LogP contribution is 2.36. The molecule has 0 amide bonds. The fourth-order valence-electron chi connectivity index (χ4n) is 2.89. The number of piperidine rings is 1. The van der Waals surface area contributed by atoms with Gasteiger partial charge in [-0.3, -0.25) is 10.1 Å². The van der Waals surface area contributed by atoms with Crippen LogP contribution in [0.15, 0.2) is 12.3 Å². The molecular formula is C14H19ClN4O2. The number of hydrogen-bond donors (Lipinski definition) is 1. The van der Waals surface area contributed by atoms with E-state index in [9.17, 15) is 10.1 Å². The van der Waals surface area contributed by atoms with Gasteiger partial charge >= 0.3 is 5.69 Å². The van der Waals surface area contributed by atoms with Crippen LogP contribution in [0.3, 0.4) is 0 Å². The molecule has 1 aromatic rings. The number of halogens is 1. The fraction of sp³-hybridized carbons (Fsp3) is 0.643. The summed E-state index contributed by atoms with van der Waals surface area (Å²) in [6.45, 7) is 1.81. The quantitative estimate of drug-likeness (QED) is 0.669. The highest BCUT2D eigenvalue weighted by Gasteiger charge is 2.35. The summed E-state index contributed by atoms with van der Waals surface area (Å²) in [7, 11) is 0. The Labute approximate surface area is 128 Å². The minimum absolute atomic E-state index is 0.00482. The Morgan fingerprint density at radius 2 is 2.24 bits per heavy atom. The first-order valence-corrected chi connectivity index (χ1v) is 7.83. The van der Waals surface area contributed by atoms with Gasteiger partial charge in [0.05, 0.1) is 9.95 Å². The summed E-state index contributed by atoms with van der Waals surface area (Å²) in [6.07, 6.45) is 7.19. The predicted octanol–water partition coefficient (Wildman–Crippen LogP) is 2.75. The van der Waals surface area contributed by atoms with Crippen molar-refractivity contribution in [3.63, 3.8) is 0 Å². The van der Waals surface area contributed by atoms with Crippen LogP contribution >= 0.6 is 11.6 Å². The third kappa shape index (κ3) is 3.44. The standard InChI is InChI=1S/C14H19ClN4O2/c15-10-7-13(19(20)21)14(17-8-10)18(12-4-5-12)9-11-3-1-2-6-16-11/h7-8,11-12,16H,1-6,9H2. The first kappa shape index (κ1) is 14.5. The third-order valence-electron chi connectivity index (χ3n) is 4.10. The largest absolute Gasteiger partial charge is 0.346 e. The van der Waals surface area contributed by atoms with Crippen LogP contribution in [0.25, 0.3) is 0 Å². The summed E-state index contributed by atoms with van der Waals surface area (Å²) in [6, 6.07) is 2.16. The molecule has 2 heterocycles. The first-order chi connectivity index (χ1) is 10.1. The summed E-state index contributed by atoms with van der Waals surface area (Å²) < 4.78 is 0. The number of rotatable bonds is 5. The summed E-state index contributed by atoms with van der Waals surface area (Å²) in [5.41, 5.74) is 0.00482. The lowest BCUT2D eigenvalue weighted by atomic mass is 10.0. The molecule has 1 N–H and O–H groups in total. The topological polar surface area (TPSA) is 71.3 Å². The molecule has 0 spiro atoms. The van der Waals surface area contributed by atoms with Crippen molar-refractivity contribution in [2.75, 3.05) is 18.0 Å². The number of pyridine rings is 1. The SMILES string of the molecule is O=[N+]([O-])c1cc(Cl)cnc1N(CC1CCCCN1)C1CC1. The molecule has 0 bridgehead atoms. The van der Waals surface area contributed by atoms with Crippen molar-refractivity contribution in [1.82, 2.24) is 10.3 Å². The highest BCUT2D eigenvalue weighted by molar-refractivity contribution is 6.30. The maximum Gasteiger partial charge on any atom is 0.313 e. The number of hydrogen-bond acceptors (Lipinski definition) is 5. The van der Waals surface area contributed by atoms with E-state index in [0.717, 1.165) is 32.4 Å². The van der Waals surface area contributed by atoms with Crippen molar-refractivity contribution >= 4 is 23.1 Å². The van der Waals surface area contributed by atoms with Crippen LogP contribution in [0.5, 0.6) is 0 Å². The van der Waals surface area contributed by atoms with Crippen molar-refractivity contribution in [2.45, 2.75) is 44.2 Å². The molecular weight excluding hydrogens is 292 g/mol. The average Bonchev–Trinajstić information content (AvgIpc) is 3.31. The molecule has 2 fully saturated rings. The van der Waals surface area contributed by atoms with Crippen LogP contribution in [-0.2, 0) is 0 Å². The third-order valence-corrected chi connectivity index (χ3v) is 4.31. The van der Waals surface area contributed by atoms with Crippen molar-refractivity contribution < 1.29 is 4.92 Å². The Morgan fingerprint density at radius 1 is 1.43 bits per heavy atom. The maximum atomic E-state index is 11.3. The molecule has 2 aliphatic rings. The molecule has 1 aromatic heterocycles. The van der Waals surface area contributed by atoms with Crippen LogP contribution in [-0.4, -0.2) is 35.1 Å². The van der Waals surface area contributed by atoms with Gasteiger partial charge in [-0.05, 0) is 32.2 Å². The molecule has 7 heteroatoms. The summed E-state index contributed by atoms with van der Waals surface area (Å²) in [5, 5.41) is 15.1. The first-order valence-electron chi connectivity index (χ1n) is 7.45. The van der Waals surface area contributed by atoms with Crippen LogP contribution in [0.4, 0.5) is 11.5 Å². The van der Waals surface area contributed by atoms with Gasteiger partial charge in [0, 0.05) is 30.9 Å². The van der Waals surface area contributed by atoms with Crippen molar-refractivity contribution in [3.05, 3.63) is 27.4 Å². The van der Waals surface area contributed by atoms with Gasteiger partial charge in [0.2, 0.25) is 5.82 Å². The van der Waals surface area contributed by atoms with Crippen LogP contribution in [0.1, 0.15) is 32.1 Å². The lowest BCUT2D eigenvalue weighted by Gasteiger charge is -2.31. The molecule has 1 saturated heterocycles. The van der Waals surface area contributed by atoms with Gasteiger partial charge in [0.15, 0.2) is 0 Å². The van der Waals surface area contributed by atoms with E-state index in [1.165, 1.54) is 25.1 Å². The van der Waals surface area contributed by atoms with E-state index in [1.54, 1.807) is 0 Å². The zero-order valence-corrected chi connectivity index (χ0v) is 12.6. The van der Waals surface area contributed by atoms with Crippen LogP contribution in [0.2, 0.25) is 5.02 Å². The minimum Gasteiger partial charge on any atom is -0.346 e. The van der Waals surface area contributed by atoms with Crippen molar-refractivity contribution in [1.29, 1.82) is 0 Å². The summed E-state index contributed by atoms with van der Waals surface area (Å²) >= 11 is 5.85. The van der Waals surface area contributed by atoms with Gasteiger partial charge in [-0.25, -0.2) is 4.98 Å². The molecule has 1 unspecified atom stereocenters. The van der Waals surface area contributed by atoms with Gasteiger partial charge in [0.25, 0.3) is 0 Å². The predicted molar refractivity (Wildman–Crippen MR) is 81.9 cm³/mol. The van der Waals surface area contributed by atoms with Crippen LogP contribution in [0, 0.1) is 10.1 Å². The lowest BCUT2D eigenvalue weighted by Crippen LogP contribution is -2.45. The summed E-state index contributed by atoms with van der Waals surface area (Å²) in [5.74, 6) is 0.458. The second kappa shape index (κ2) is 6.15. The number of aromatic nitrogens is 1. The molecule has 1 atom stereocenters. The van der Waals surface area contributed by atoms with E-state index in [-0.39, 0.29) is 5.69 Å². The molecule has 1 saturated carbocycles. The number of nitrogens with one attached hydrogen (secondary N) is 1. The zero-order chi connectivity index (χ0) is 14.8. The number of anilines is 1. The highest BCUT2D eigenvalue weighted by atomic mass is 35.5. The molecule has 6 nitrogen and oxygen atoms in total. The second-order valence-corrected chi connectivity index (χ2v) is 6.22. The Kier molecular flexibility index (Phi) is 4.26. The number of nitro groups is 1. The van der Waals surface area contributed by atoms with E-state index in [2.05, 4.69) is 15.2 Å². The Hall–Kier alpha value is -1.40. The smallest absolute Gasteiger partial charge is 0.313 e. The molecule has 3 rings (SSSR count). The molecule has 1 aliphatic heterocycles. The molecule has 0 aromatic carbocycles. The molecule has 1 aliphatic carbocycles.